The Morgan fingerprint density at radius 2 is 1.96 bits per heavy atom. The van der Waals surface area contributed by atoms with Crippen molar-refractivity contribution in [2.45, 2.75) is 30.8 Å². The number of nitrogens with zero attached hydrogens (tertiary/aromatic N) is 2. The number of hydrogen-bond donors (Lipinski definition) is 0. The van der Waals surface area contributed by atoms with E-state index in [1.165, 1.54) is 29.9 Å². The molecule has 0 aliphatic carbocycles. The van der Waals surface area contributed by atoms with Gasteiger partial charge in [-0.05, 0) is 29.9 Å². The lowest BCUT2D eigenvalue weighted by atomic mass is 9.87. The fourth-order valence-corrected chi connectivity index (χ4v) is 5.31. The molecular weight excluding hydrogens is 308 g/mol. The predicted octanol–water partition coefficient (Wildman–Crippen LogP) is 2.63. The molecule has 1 aromatic rings. The van der Waals surface area contributed by atoms with Gasteiger partial charge in [0.2, 0.25) is 0 Å². The Bertz CT molecular complexity index is 561. The van der Waals surface area contributed by atoms with E-state index in [-0.39, 0.29) is 11.6 Å². The fourth-order valence-electron chi connectivity index (χ4n) is 4.23. The van der Waals surface area contributed by atoms with Crippen LogP contribution in [-0.2, 0) is 11.2 Å². The number of cyclic esters (lactones) is 1. The first-order valence-electron chi connectivity index (χ1n) is 8.57. The van der Waals surface area contributed by atoms with Crippen LogP contribution in [-0.4, -0.2) is 65.2 Å². The van der Waals surface area contributed by atoms with Crippen LogP contribution in [0.5, 0.6) is 0 Å². The van der Waals surface area contributed by atoms with E-state index in [0.29, 0.717) is 12.6 Å². The van der Waals surface area contributed by atoms with Crippen LogP contribution in [0.25, 0.3) is 0 Å². The highest BCUT2D eigenvalue weighted by Crippen LogP contribution is 2.34. The van der Waals surface area contributed by atoms with Crippen LogP contribution in [0, 0.1) is 0 Å². The van der Waals surface area contributed by atoms with Gasteiger partial charge in [-0.3, -0.25) is 9.80 Å². The number of thioether (sulfide) groups is 1. The third kappa shape index (κ3) is 2.96. The third-order valence-electron chi connectivity index (χ3n) is 5.45. The third-order valence-corrected chi connectivity index (χ3v) is 6.50. The van der Waals surface area contributed by atoms with Crippen molar-refractivity contribution in [3.63, 3.8) is 0 Å². The van der Waals surface area contributed by atoms with Crippen LogP contribution < -0.4 is 0 Å². The van der Waals surface area contributed by atoms with Gasteiger partial charge in [-0.1, -0.05) is 30.3 Å². The first-order chi connectivity index (χ1) is 11.3. The van der Waals surface area contributed by atoms with Gasteiger partial charge in [0.1, 0.15) is 6.61 Å². The maximum atomic E-state index is 12.2. The monoisotopic (exact) mass is 332 g/mol. The molecule has 0 N–H and O–H groups in total. The molecule has 4 rings (SSSR count). The van der Waals surface area contributed by atoms with Crippen molar-refractivity contribution >= 4 is 17.9 Å². The highest BCUT2D eigenvalue weighted by atomic mass is 32.2. The molecule has 1 atom stereocenters. The first kappa shape index (κ1) is 15.3. The average molecular weight is 332 g/mol. The molecule has 0 spiro atoms. The normalized spacial score (nSPS) is 29.4. The molecule has 1 unspecified atom stereocenters. The van der Waals surface area contributed by atoms with Gasteiger partial charge in [0.25, 0.3) is 0 Å². The van der Waals surface area contributed by atoms with Crippen LogP contribution in [0.2, 0.25) is 0 Å². The highest BCUT2D eigenvalue weighted by molar-refractivity contribution is 7.99. The SMILES string of the molecule is O=C1OCC2(Cc3ccccc3)CN(C3CCSCC3)CCN12. The minimum Gasteiger partial charge on any atom is -0.447 e. The molecule has 1 amide bonds. The lowest BCUT2D eigenvalue weighted by molar-refractivity contribution is 0.0253. The second-order valence-corrected chi connectivity index (χ2v) is 8.13. The minimum atomic E-state index is -0.179. The van der Waals surface area contributed by atoms with E-state index in [4.69, 9.17) is 4.74 Å². The summed E-state index contributed by atoms with van der Waals surface area (Å²) in [5.74, 6) is 2.54. The van der Waals surface area contributed by atoms with Crippen LogP contribution in [0.15, 0.2) is 30.3 Å². The van der Waals surface area contributed by atoms with Crippen molar-refractivity contribution in [3.05, 3.63) is 35.9 Å². The largest absolute Gasteiger partial charge is 0.447 e. The summed E-state index contributed by atoms with van der Waals surface area (Å²) in [5, 5.41) is 0. The summed E-state index contributed by atoms with van der Waals surface area (Å²) in [4.78, 5) is 16.8. The molecule has 124 valence electrons. The number of carbonyl (C=O) groups is 1. The summed E-state index contributed by atoms with van der Waals surface area (Å²) in [6, 6.07) is 11.2. The standard InChI is InChI=1S/C18H24N2O2S/c21-17-20-9-8-19(16-6-10-23-11-7-16)13-18(20,14-22-17)12-15-4-2-1-3-5-15/h1-5,16H,6-14H2. The molecular formula is C18H24N2O2S. The molecule has 1 aromatic carbocycles. The molecule has 3 aliphatic rings. The summed E-state index contributed by atoms with van der Waals surface area (Å²) in [5.41, 5.74) is 1.11. The van der Waals surface area contributed by atoms with Crippen LogP contribution in [0.4, 0.5) is 4.79 Å². The second-order valence-electron chi connectivity index (χ2n) is 6.91. The Kier molecular flexibility index (Phi) is 4.24. The van der Waals surface area contributed by atoms with Crippen molar-refractivity contribution < 1.29 is 9.53 Å². The maximum Gasteiger partial charge on any atom is 0.410 e. The Morgan fingerprint density at radius 1 is 1.17 bits per heavy atom. The van der Waals surface area contributed by atoms with Crippen molar-refractivity contribution in [3.8, 4) is 0 Å². The summed E-state index contributed by atoms with van der Waals surface area (Å²) in [7, 11) is 0. The summed E-state index contributed by atoms with van der Waals surface area (Å²) < 4.78 is 5.47. The number of carbonyl (C=O) groups excluding carboxylic acids is 1. The van der Waals surface area contributed by atoms with E-state index >= 15 is 0 Å². The van der Waals surface area contributed by atoms with E-state index in [1.54, 1.807) is 0 Å². The minimum absolute atomic E-state index is 0.125. The van der Waals surface area contributed by atoms with Crippen molar-refractivity contribution in [2.75, 3.05) is 37.7 Å². The molecule has 3 fully saturated rings. The average Bonchev–Trinajstić information content (AvgIpc) is 2.93. The molecule has 0 aromatic heterocycles. The summed E-state index contributed by atoms with van der Waals surface area (Å²) in [6.07, 6.45) is 3.32. The van der Waals surface area contributed by atoms with Crippen LogP contribution >= 0.6 is 11.8 Å². The fraction of sp³-hybridized carbons (Fsp3) is 0.611. The quantitative estimate of drug-likeness (QED) is 0.852. The van der Waals surface area contributed by atoms with E-state index in [9.17, 15) is 4.79 Å². The Labute approximate surface area is 142 Å². The molecule has 0 bridgehead atoms. The van der Waals surface area contributed by atoms with Crippen molar-refractivity contribution in [2.24, 2.45) is 0 Å². The van der Waals surface area contributed by atoms with E-state index in [0.717, 1.165) is 26.1 Å². The lowest BCUT2D eigenvalue weighted by Crippen LogP contribution is -2.64. The Balaban J connectivity index is 1.56. The Hall–Kier alpha value is -1.20. The maximum absolute atomic E-state index is 12.2. The Morgan fingerprint density at radius 3 is 2.74 bits per heavy atom. The zero-order chi connectivity index (χ0) is 15.7. The summed E-state index contributed by atoms with van der Waals surface area (Å²) in [6.45, 7) is 3.26. The van der Waals surface area contributed by atoms with Gasteiger partial charge in [-0.2, -0.15) is 11.8 Å². The van der Waals surface area contributed by atoms with Gasteiger partial charge >= 0.3 is 6.09 Å². The van der Waals surface area contributed by atoms with Gasteiger partial charge in [0.15, 0.2) is 0 Å². The van der Waals surface area contributed by atoms with E-state index in [2.05, 4.69) is 40.9 Å². The highest BCUT2D eigenvalue weighted by Gasteiger charge is 2.51. The number of benzene rings is 1. The zero-order valence-corrected chi connectivity index (χ0v) is 14.3. The predicted molar refractivity (Wildman–Crippen MR) is 92.9 cm³/mol. The van der Waals surface area contributed by atoms with Crippen LogP contribution in [0.1, 0.15) is 18.4 Å². The molecule has 5 heteroatoms. The number of fused-ring (bicyclic) bond motifs is 1. The molecule has 0 radical (unpaired) electrons. The molecule has 3 saturated heterocycles. The van der Waals surface area contributed by atoms with Gasteiger partial charge in [0, 0.05) is 32.1 Å². The van der Waals surface area contributed by atoms with Gasteiger partial charge < -0.3 is 4.74 Å². The number of piperazine rings is 1. The number of rotatable bonds is 3. The lowest BCUT2D eigenvalue weighted by Gasteiger charge is -2.48. The smallest absolute Gasteiger partial charge is 0.410 e. The van der Waals surface area contributed by atoms with Gasteiger partial charge in [-0.25, -0.2) is 4.79 Å². The molecule has 3 heterocycles. The molecule has 0 saturated carbocycles. The number of amides is 1. The van der Waals surface area contributed by atoms with E-state index in [1.807, 2.05) is 11.0 Å². The van der Waals surface area contributed by atoms with Crippen molar-refractivity contribution in [1.82, 2.24) is 9.80 Å². The summed E-state index contributed by atoms with van der Waals surface area (Å²) >= 11 is 2.07. The topological polar surface area (TPSA) is 32.8 Å². The van der Waals surface area contributed by atoms with Gasteiger partial charge in [-0.15, -0.1) is 0 Å². The molecule has 23 heavy (non-hydrogen) atoms. The zero-order valence-electron chi connectivity index (χ0n) is 13.4. The number of hydrogen-bond acceptors (Lipinski definition) is 4. The molecule has 3 aliphatic heterocycles. The van der Waals surface area contributed by atoms with Gasteiger partial charge in [0.05, 0.1) is 5.54 Å². The molecule has 4 nitrogen and oxygen atoms in total. The second kappa shape index (κ2) is 6.36. The number of ether oxygens (including phenoxy) is 1. The van der Waals surface area contributed by atoms with E-state index < -0.39 is 0 Å². The first-order valence-corrected chi connectivity index (χ1v) is 9.72. The van der Waals surface area contributed by atoms with Crippen molar-refractivity contribution in [1.29, 1.82) is 0 Å². The van der Waals surface area contributed by atoms with Crippen LogP contribution in [0.3, 0.4) is 0 Å².